The van der Waals surface area contributed by atoms with Crippen molar-refractivity contribution in [3.05, 3.63) is 0 Å². The molecule has 42 nitrogen and oxygen atoms in total. The smallest absolute Gasteiger partial charge is 0.305 e. The molecule has 129 heavy (non-hydrogen) atoms. The van der Waals surface area contributed by atoms with Crippen LogP contribution >= 0.6 is 0 Å². The molecule has 0 unspecified atom stereocenters. The first-order valence-electron chi connectivity index (χ1n) is 44.4. The second kappa shape index (κ2) is 45.9. The molecule has 0 aromatic heterocycles. The molecular formula is C87H148N20O22. The predicted octanol–water partition coefficient (Wildman–Crippen LogP) is -0.939. The van der Waals surface area contributed by atoms with Crippen molar-refractivity contribution >= 4 is 124 Å². The third kappa shape index (κ3) is 33.4. The van der Waals surface area contributed by atoms with Gasteiger partial charge in [0.15, 0.2) is 0 Å². The first kappa shape index (κ1) is 112. The summed E-state index contributed by atoms with van der Waals surface area (Å²) >= 11 is 0. The molecule has 3 heterocycles. The lowest BCUT2D eigenvalue weighted by Crippen LogP contribution is -2.67. The molecule has 0 saturated carbocycles. The van der Waals surface area contributed by atoms with Gasteiger partial charge in [-0.1, -0.05) is 45.4 Å². The highest BCUT2D eigenvalue weighted by Gasteiger charge is 2.51. The van der Waals surface area contributed by atoms with Gasteiger partial charge in [0.1, 0.15) is 97.2 Å². The van der Waals surface area contributed by atoms with Crippen LogP contribution in [0.15, 0.2) is 0 Å². The minimum Gasteiger partial charge on any atom is -0.481 e. The maximum Gasteiger partial charge on any atom is 0.305 e. The van der Waals surface area contributed by atoms with Gasteiger partial charge in [-0.25, -0.2) is 0 Å². The van der Waals surface area contributed by atoms with Crippen molar-refractivity contribution in [3.63, 3.8) is 0 Å². The van der Waals surface area contributed by atoms with E-state index in [4.69, 9.17) is 5.11 Å². The third-order valence-corrected chi connectivity index (χ3v) is 22.6. The predicted molar refractivity (Wildman–Crippen MR) is 475 cm³/mol. The number of carbonyl (C=O) groups excluding carboxylic acids is 20. The fourth-order valence-corrected chi connectivity index (χ4v) is 14.1. The number of carboxylic acids is 1. The van der Waals surface area contributed by atoms with E-state index in [1.807, 2.05) is 0 Å². The van der Waals surface area contributed by atoms with E-state index in [0.29, 0.717) is 32.1 Å². The number of aliphatic carboxylic acids is 1. The summed E-state index contributed by atoms with van der Waals surface area (Å²) in [4.78, 5) is 287. The fraction of sp³-hybridized carbons (Fsp3) is 0.759. The van der Waals surface area contributed by atoms with Crippen LogP contribution < -0.4 is 90.4 Å². The number of nitrogens with zero attached hydrogens (tertiary/aromatic N) is 3. The van der Waals surface area contributed by atoms with E-state index in [0.717, 1.165) is 32.1 Å². The molecule has 728 valence electrons. The van der Waals surface area contributed by atoms with E-state index in [2.05, 4.69) is 97.3 Å². The number of rotatable bonds is 48. The molecule has 3 rings (SSSR count). The average molecular weight is 1830 g/mol. The van der Waals surface area contributed by atoms with Crippen LogP contribution in [0.3, 0.4) is 0 Å². The van der Waals surface area contributed by atoms with Crippen molar-refractivity contribution in [1.29, 1.82) is 0 Å². The second-order valence-corrected chi connectivity index (χ2v) is 39.7. The minimum atomic E-state index is -1.71. The van der Waals surface area contributed by atoms with E-state index in [1.54, 1.807) is 13.8 Å². The Hall–Kier alpha value is -11.1. The number of hydrogen-bond donors (Lipinski definition) is 18. The van der Waals surface area contributed by atoms with E-state index >= 15 is 0 Å². The minimum absolute atomic E-state index is 0.0902. The monoisotopic (exact) mass is 1830 g/mol. The van der Waals surface area contributed by atoms with Crippen LogP contribution in [-0.4, -0.2) is 280 Å². The van der Waals surface area contributed by atoms with Gasteiger partial charge >= 0.3 is 5.97 Å². The topological polar surface area (TPSA) is 593 Å². The summed E-state index contributed by atoms with van der Waals surface area (Å²) in [6.07, 6.45) is 8.34. The van der Waals surface area contributed by atoms with Crippen LogP contribution in [0.25, 0.3) is 0 Å². The molecule has 0 radical (unpaired) electrons. The molecule has 3 saturated heterocycles. The van der Waals surface area contributed by atoms with E-state index in [9.17, 15) is 101 Å². The normalized spacial score (nSPS) is 16.6. The van der Waals surface area contributed by atoms with Gasteiger partial charge in [-0.05, 0) is 218 Å². The van der Waals surface area contributed by atoms with Crippen molar-refractivity contribution < 1.29 is 106 Å². The van der Waals surface area contributed by atoms with Gasteiger partial charge in [0.25, 0.3) is 0 Å². The van der Waals surface area contributed by atoms with Gasteiger partial charge in [0.05, 0.1) is 6.42 Å². The molecule has 0 spiro atoms. The Morgan fingerprint density at radius 1 is 0.279 bits per heavy atom. The first-order valence-corrected chi connectivity index (χ1v) is 44.4. The zero-order chi connectivity index (χ0) is 99.1. The Balaban J connectivity index is 1.47. The highest BCUT2D eigenvalue weighted by atomic mass is 16.4. The quantitative estimate of drug-likeness (QED) is 0.0327. The van der Waals surface area contributed by atoms with Crippen LogP contribution in [0, 0.1) is 0 Å². The number of nitrogens with one attached hydrogen (secondary N) is 17. The lowest BCUT2D eigenvalue weighted by atomic mass is 9.96. The van der Waals surface area contributed by atoms with Gasteiger partial charge in [-0.15, -0.1) is 0 Å². The second-order valence-electron chi connectivity index (χ2n) is 39.7. The zero-order valence-electron chi connectivity index (χ0n) is 80.6. The zero-order valence-corrected chi connectivity index (χ0v) is 80.6. The molecule has 0 bridgehead atoms. The first-order chi connectivity index (χ1) is 59.0. The largest absolute Gasteiger partial charge is 0.481 e. The Kier molecular flexibility index (Phi) is 39.9. The Bertz CT molecular complexity index is 4180. The van der Waals surface area contributed by atoms with Crippen LogP contribution in [0.5, 0.6) is 0 Å². The molecule has 0 aromatic carbocycles. The molecule has 3 fully saturated rings. The Morgan fingerprint density at radius 3 is 0.953 bits per heavy atom. The molecule has 6 atom stereocenters. The van der Waals surface area contributed by atoms with E-state index in [-0.39, 0.29) is 83.7 Å². The van der Waals surface area contributed by atoms with Gasteiger partial charge < -0.3 is 110 Å². The fourth-order valence-electron chi connectivity index (χ4n) is 14.1. The van der Waals surface area contributed by atoms with E-state index in [1.165, 1.54) is 180 Å². The number of amides is 20. The summed E-state index contributed by atoms with van der Waals surface area (Å²) in [5.74, 6) is -15.1. The number of unbranched alkanes of at least 4 members (excludes halogenated alkanes) is 6. The summed E-state index contributed by atoms with van der Waals surface area (Å²) in [7, 11) is 0. The third-order valence-electron chi connectivity index (χ3n) is 22.6. The summed E-state index contributed by atoms with van der Waals surface area (Å²) in [6.45, 7) is 36.8. The highest BCUT2D eigenvalue weighted by molar-refractivity contribution is 6.04. The molecular weight excluding hydrogens is 1680 g/mol. The maximum atomic E-state index is 14.4. The van der Waals surface area contributed by atoms with Crippen molar-refractivity contribution in [2.24, 2.45) is 0 Å². The molecule has 18 N–H and O–H groups in total. The van der Waals surface area contributed by atoms with E-state index < -0.39 is 215 Å². The van der Waals surface area contributed by atoms with Gasteiger partial charge in [-0.2, -0.15) is 0 Å². The van der Waals surface area contributed by atoms with Crippen LogP contribution in [0.1, 0.15) is 289 Å². The van der Waals surface area contributed by atoms with Crippen LogP contribution in [0.4, 0.5) is 0 Å². The maximum absolute atomic E-state index is 14.4. The molecule has 20 amide bonds. The average Bonchev–Trinajstić information content (AvgIpc) is 1.72. The van der Waals surface area contributed by atoms with Crippen molar-refractivity contribution in [1.82, 2.24) is 105 Å². The van der Waals surface area contributed by atoms with Gasteiger partial charge in [0, 0.05) is 58.5 Å². The number of carbonyl (C=O) groups is 21. The lowest BCUT2D eigenvalue weighted by molar-refractivity contribution is -0.148. The molecule has 0 aromatic rings. The van der Waals surface area contributed by atoms with Crippen LogP contribution in [-0.2, 0) is 101 Å². The lowest BCUT2D eigenvalue weighted by Gasteiger charge is -2.38. The van der Waals surface area contributed by atoms with Crippen molar-refractivity contribution in [3.8, 4) is 0 Å². The Labute approximate surface area is 757 Å². The molecule has 3 aliphatic heterocycles. The molecule has 0 aliphatic carbocycles. The number of likely N-dealkylation sites (tertiary alicyclic amines) is 3. The number of hydrogen-bond acceptors (Lipinski definition) is 21. The molecule has 3 aliphatic rings. The molecule has 42 heteroatoms. The van der Waals surface area contributed by atoms with Gasteiger partial charge in [-0.3, -0.25) is 101 Å². The summed E-state index contributed by atoms with van der Waals surface area (Å²) < 4.78 is 0. The standard InChI is InChI=1S/C87H148N20O22/c1-27-28-29-30-31-32-33-40-57(109)95-85(21,22)74(127)106-48-35-38-54(106)64(117)98-83(17,18)72(125)104-87(25,26)76(129)107-49-36-39-55(107)65(118)99-82(15,16)71(124)103-86(23,24)75(128)105-47-34-37-53(105)63(116)92-52(4)62(115)96-77(5,6)66(119)89-44-41-56(108)91-51(3)61(114)97-81(13,14)70(123)100-78(7,8)67(120)90-45-42-58(110)94-80(11,12)69(122)102-84(19,20)73(126)101-79(9,10)68(121)93-50(2)60(113)88-46-43-59(111)112/h50-55H,27-49H2,1-26H3,(H,88,113)(H,89,119)(H,90,120)(H,91,108)(H,92,116)(H,93,121)(H,94,110)(H,95,109)(H,96,115)(H,97,114)(H,98,117)(H,99,118)(H,100,123)(H,101,126)(H,102,122)(H,103,124)(H,104,125)(H,111,112)/t50-,51-,52-,53-,54+,55+/m0/s1. The summed E-state index contributed by atoms with van der Waals surface area (Å²) in [6, 6.07) is -6.76. The highest BCUT2D eigenvalue weighted by Crippen LogP contribution is 2.28. The Morgan fingerprint density at radius 2 is 0.558 bits per heavy atom. The van der Waals surface area contributed by atoms with Crippen molar-refractivity contribution in [2.45, 2.75) is 386 Å². The van der Waals surface area contributed by atoms with Crippen LogP contribution in [0.2, 0.25) is 0 Å². The summed E-state index contributed by atoms with van der Waals surface area (Å²) in [5.41, 5.74) is -17.9. The van der Waals surface area contributed by atoms with Gasteiger partial charge in [0.2, 0.25) is 118 Å². The van der Waals surface area contributed by atoms with Crippen molar-refractivity contribution in [2.75, 3.05) is 39.3 Å². The SMILES string of the molecule is CCCCCCCCCC(=O)NC(C)(C)C(=O)N1CCC[C@@H]1C(=O)NC(C)(C)C(=O)NC(C)(C)C(=O)N1CCC[C@@H]1C(=O)NC(C)(C)C(=O)NC(C)(C)C(=O)N1CCC[C@H]1C(=O)N[C@@H](C)C(=O)NC(C)(C)C(=O)NCCC(=O)N[C@@H](C)C(=O)NC(C)(C)C(=O)NC(C)(C)C(=O)NCCC(=O)NC(C)(C)C(=O)NC(C)(C)C(=O)NC(C)(C)C(=O)N[C@@H](C)C(=O)NCCC(=O)O. The summed E-state index contributed by atoms with van der Waals surface area (Å²) in [5, 5.41) is 52.8. The number of carboxylic acid groups (broad SMARTS) is 1.